The maximum absolute atomic E-state index is 12.9. The number of alkyl halides is 3. The molecule has 0 saturated heterocycles. The molecule has 1 aliphatic heterocycles. The number of rotatable bonds is 2. The van der Waals surface area contributed by atoms with Crippen molar-refractivity contribution in [3.63, 3.8) is 0 Å². The predicted molar refractivity (Wildman–Crippen MR) is 90.8 cm³/mol. The Morgan fingerprint density at radius 3 is 2.68 bits per heavy atom. The molecule has 2 aromatic rings. The van der Waals surface area contributed by atoms with E-state index in [1.54, 1.807) is 0 Å². The van der Waals surface area contributed by atoms with E-state index in [1.807, 2.05) is 6.92 Å². The van der Waals surface area contributed by atoms with Crippen molar-refractivity contribution in [3.05, 3.63) is 41.2 Å². The normalized spacial score (nSPS) is 17.2. The van der Waals surface area contributed by atoms with Crippen LogP contribution in [0, 0.1) is 0 Å². The van der Waals surface area contributed by atoms with Gasteiger partial charge in [-0.2, -0.15) is 31.8 Å². The van der Waals surface area contributed by atoms with Gasteiger partial charge in [0.25, 0.3) is 5.91 Å². The van der Waals surface area contributed by atoms with Crippen molar-refractivity contribution in [2.45, 2.75) is 25.7 Å². The van der Waals surface area contributed by atoms with Gasteiger partial charge in [0.1, 0.15) is 5.69 Å². The number of aliphatic hydroxyl groups is 1. The van der Waals surface area contributed by atoms with Crippen LogP contribution in [0.25, 0.3) is 0 Å². The van der Waals surface area contributed by atoms with Crippen LogP contribution < -0.4 is 10.6 Å². The van der Waals surface area contributed by atoms with Crippen LogP contribution in [0.5, 0.6) is 0 Å². The topological polar surface area (TPSA) is 84.4 Å². The summed E-state index contributed by atoms with van der Waals surface area (Å²) in [5.74, 6) is -0.438. The Hall–Kier alpha value is -2.20. The summed E-state index contributed by atoms with van der Waals surface area (Å²) in [6.07, 6.45) is -3.20. The smallest absolute Gasteiger partial charge is 0.396 e. The van der Waals surface area contributed by atoms with Gasteiger partial charge in [0, 0.05) is 12.2 Å². The number of aromatic nitrogens is 2. The van der Waals surface area contributed by atoms with Crippen LogP contribution in [0.15, 0.2) is 24.4 Å². The molecule has 10 heteroatoms. The Labute approximate surface area is 148 Å². The number of carbonyl (C=O) groups excluding carboxylic acids is 1. The Morgan fingerprint density at radius 2 is 2.08 bits per heavy atom. The van der Waals surface area contributed by atoms with Gasteiger partial charge in [0.2, 0.25) is 0 Å². The number of nitrogen functional groups attached to an aromatic ring is 1. The maximum Gasteiger partial charge on any atom is 0.416 e. The minimum atomic E-state index is -4.57. The van der Waals surface area contributed by atoms with Crippen LogP contribution in [-0.2, 0) is 12.8 Å². The standard InChI is InChI=1S/C15H15F3N4O2.H2S/c1-8-6-21(14(24)13-12(19)5-20-22(8)13)10-2-3-11(15(16,17)18)9(4-10)7-23;/h2-5,8,23H,6-7,19H2,1H3;1H2/t8-;/m0./s1. The van der Waals surface area contributed by atoms with E-state index in [-0.39, 0.29) is 48.7 Å². The summed E-state index contributed by atoms with van der Waals surface area (Å²) < 4.78 is 40.3. The molecule has 25 heavy (non-hydrogen) atoms. The number of anilines is 2. The molecule has 3 N–H and O–H groups in total. The lowest BCUT2D eigenvalue weighted by Gasteiger charge is -2.32. The van der Waals surface area contributed by atoms with Gasteiger partial charge < -0.3 is 15.7 Å². The molecule has 0 spiro atoms. The van der Waals surface area contributed by atoms with Crippen molar-refractivity contribution >= 4 is 30.8 Å². The molecule has 0 fully saturated rings. The quantitative estimate of drug-likeness (QED) is 0.845. The van der Waals surface area contributed by atoms with E-state index < -0.39 is 24.3 Å². The third-order valence-corrected chi connectivity index (χ3v) is 4.01. The second-order valence-electron chi connectivity index (χ2n) is 5.66. The SMILES string of the molecule is C[C@H]1CN(c2ccc(C(F)(F)F)c(CO)c2)C(=O)c2c(N)cnn21.S. The van der Waals surface area contributed by atoms with E-state index in [9.17, 15) is 23.1 Å². The molecule has 0 bridgehead atoms. The zero-order valence-electron chi connectivity index (χ0n) is 13.2. The Morgan fingerprint density at radius 1 is 1.40 bits per heavy atom. The molecule has 1 aliphatic rings. The number of hydrogen-bond acceptors (Lipinski definition) is 4. The second kappa shape index (κ2) is 6.60. The first-order valence-electron chi connectivity index (χ1n) is 7.20. The van der Waals surface area contributed by atoms with Crippen molar-refractivity contribution in [3.8, 4) is 0 Å². The van der Waals surface area contributed by atoms with Crippen LogP contribution in [0.3, 0.4) is 0 Å². The summed E-state index contributed by atoms with van der Waals surface area (Å²) in [7, 11) is 0. The first-order chi connectivity index (χ1) is 11.2. The molecule has 1 aromatic heterocycles. The fourth-order valence-corrected chi connectivity index (χ4v) is 2.86. The van der Waals surface area contributed by atoms with Crippen LogP contribution in [0.2, 0.25) is 0 Å². The fourth-order valence-electron chi connectivity index (χ4n) is 2.86. The van der Waals surface area contributed by atoms with E-state index in [1.165, 1.54) is 27.9 Å². The van der Waals surface area contributed by atoms with E-state index >= 15 is 0 Å². The molecule has 1 amide bonds. The average molecular weight is 374 g/mol. The molecule has 2 heterocycles. The summed E-state index contributed by atoms with van der Waals surface area (Å²) in [5, 5.41) is 13.3. The van der Waals surface area contributed by atoms with Crippen molar-refractivity contribution in [1.82, 2.24) is 9.78 Å². The monoisotopic (exact) mass is 374 g/mol. The third kappa shape index (κ3) is 3.19. The Bertz CT molecular complexity index is 807. The lowest BCUT2D eigenvalue weighted by Crippen LogP contribution is -2.43. The molecule has 0 aliphatic carbocycles. The molecular formula is C15H17F3N4O2S. The second-order valence-corrected chi connectivity index (χ2v) is 5.66. The largest absolute Gasteiger partial charge is 0.416 e. The number of benzene rings is 1. The summed E-state index contributed by atoms with van der Waals surface area (Å²) in [4.78, 5) is 14.0. The number of fused-ring (bicyclic) bond motifs is 1. The number of aliphatic hydroxyl groups excluding tert-OH is 1. The number of nitrogens with two attached hydrogens (primary N) is 1. The number of amides is 1. The number of nitrogens with zero attached hydrogens (tertiary/aromatic N) is 3. The first-order valence-corrected chi connectivity index (χ1v) is 7.20. The van der Waals surface area contributed by atoms with Gasteiger partial charge in [-0.1, -0.05) is 0 Å². The average Bonchev–Trinajstić information content (AvgIpc) is 2.92. The summed E-state index contributed by atoms with van der Waals surface area (Å²) in [6.45, 7) is 1.29. The van der Waals surface area contributed by atoms with Crippen LogP contribution >= 0.6 is 13.5 Å². The molecule has 3 rings (SSSR count). The van der Waals surface area contributed by atoms with Gasteiger partial charge in [-0.05, 0) is 30.7 Å². The van der Waals surface area contributed by atoms with Crippen LogP contribution in [0.4, 0.5) is 24.5 Å². The van der Waals surface area contributed by atoms with Crippen molar-refractivity contribution < 1.29 is 23.1 Å². The minimum absolute atomic E-state index is 0. The van der Waals surface area contributed by atoms with Crippen molar-refractivity contribution in [2.24, 2.45) is 0 Å². The molecule has 0 radical (unpaired) electrons. The van der Waals surface area contributed by atoms with Crippen molar-refractivity contribution in [2.75, 3.05) is 17.2 Å². The molecule has 0 unspecified atom stereocenters. The zero-order valence-corrected chi connectivity index (χ0v) is 14.2. The number of hydrogen-bond donors (Lipinski definition) is 2. The molecule has 1 atom stereocenters. The highest BCUT2D eigenvalue weighted by atomic mass is 32.1. The van der Waals surface area contributed by atoms with Gasteiger partial charge in [-0.3, -0.25) is 9.48 Å². The summed E-state index contributed by atoms with van der Waals surface area (Å²) >= 11 is 0. The van der Waals surface area contributed by atoms with E-state index in [4.69, 9.17) is 5.73 Å². The van der Waals surface area contributed by atoms with Gasteiger partial charge in [0.15, 0.2) is 0 Å². The molecule has 6 nitrogen and oxygen atoms in total. The van der Waals surface area contributed by atoms with E-state index in [2.05, 4.69) is 5.10 Å². The molecule has 1 aromatic carbocycles. The Balaban J connectivity index is 0.00000225. The van der Waals surface area contributed by atoms with Gasteiger partial charge in [-0.25, -0.2) is 0 Å². The van der Waals surface area contributed by atoms with Crippen LogP contribution in [0.1, 0.15) is 34.6 Å². The van der Waals surface area contributed by atoms with Crippen molar-refractivity contribution in [1.29, 1.82) is 0 Å². The highest BCUT2D eigenvalue weighted by Gasteiger charge is 2.36. The number of halogens is 3. The summed E-state index contributed by atoms with van der Waals surface area (Å²) in [6, 6.07) is 3.08. The number of carbonyl (C=O) groups is 1. The highest BCUT2D eigenvalue weighted by molar-refractivity contribution is 7.59. The molecular weight excluding hydrogens is 357 g/mol. The fraction of sp³-hybridized carbons (Fsp3) is 0.333. The highest BCUT2D eigenvalue weighted by Crippen LogP contribution is 2.35. The third-order valence-electron chi connectivity index (χ3n) is 4.01. The Kier molecular flexibility index (Phi) is 5.05. The predicted octanol–water partition coefficient (Wildman–Crippen LogP) is 2.31. The van der Waals surface area contributed by atoms with Crippen LogP contribution in [-0.4, -0.2) is 27.3 Å². The molecule has 0 saturated carbocycles. The molecule has 136 valence electrons. The van der Waals surface area contributed by atoms with Gasteiger partial charge >= 0.3 is 6.18 Å². The van der Waals surface area contributed by atoms with E-state index in [0.29, 0.717) is 0 Å². The zero-order chi connectivity index (χ0) is 17.6. The summed E-state index contributed by atoms with van der Waals surface area (Å²) in [5.41, 5.74) is 5.26. The lowest BCUT2D eigenvalue weighted by atomic mass is 10.0. The first kappa shape index (κ1) is 19.1. The minimum Gasteiger partial charge on any atom is -0.396 e. The van der Waals surface area contributed by atoms with Gasteiger partial charge in [-0.15, -0.1) is 0 Å². The van der Waals surface area contributed by atoms with E-state index in [0.717, 1.165) is 6.07 Å². The lowest BCUT2D eigenvalue weighted by molar-refractivity contribution is -0.138. The maximum atomic E-state index is 12.9. The van der Waals surface area contributed by atoms with Gasteiger partial charge in [0.05, 0.1) is 30.1 Å².